The van der Waals surface area contributed by atoms with Crippen LogP contribution in [0.1, 0.15) is 5.69 Å². The van der Waals surface area contributed by atoms with Crippen molar-refractivity contribution in [2.75, 3.05) is 16.8 Å². The van der Waals surface area contributed by atoms with Crippen LogP contribution in [0.25, 0.3) is 0 Å². The highest BCUT2D eigenvalue weighted by molar-refractivity contribution is 5.68. The molecule has 0 atom stereocenters. The van der Waals surface area contributed by atoms with Crippen LogP contribution in [0.15, 0.2) is 30.6 Å². The number of aromatic nitrogens is 2. The van der Waals surface area contributed by atoms with Gasteiger partial charge in [-0.25, -0.2) is 4.98 Å². The van der Waals surface area contributed by atoms with Gasteiger partial charge in [-0.2, -0.15) is 0 Å². The first kappa shape index (κ1) is 10.2. The van der Waals surface area contributed by atoms with E-state index >= 15 is 0 Å². The minimum atomic E-state index is 0.344. The standard InChI is InChI=1S/C11H13N5/c1-7-4-8(2-3-14-7)16-9-5-10(12)11(13)15-6-9/h2-6H,12H2,1H3,(H2,13,15)(H,14,16). The predicted octanol–water partition coefficient (Wildman–Crippen LogP) is 1.69. The molecule has 5 heteroatoms. The highest BCUT2D eigenvalue weighted by atomic mass is 14.9. The zero-order valence-corrected chi connectivity index (χ0v) is 8.94. The summed E-state index contributed by atoms with van der Waals surface area (Å²) in [6, 6.07) is 5.56. The van der Waals surface area contributed by atoms with Crippen molar-refractivity contribution in [3.05, 3.63) is 36.3 Å². The maximum absolute atomic E-state index is 5.66. The van der Waals surface area contributed by atoms with Crippen molar-refractivity contribution in [3.63, 3.8) is 0 Å². The first-order valence-corrected chi connectivity index (χ1v) is 4.86. The monoisotopic (exact) mass is 215 g/mol. The summed E-state index contributed by atoms with van der Waals surface area (Å²) in [6.07, 6.45) is 3.38. The average molecular weight is 215 g/mol. The molecule has 5 nitrogen and oxygen atoms in total. The number of nitrogen functional groups attached to an aromatic ring is 2. The summed E-state index contributed by atoms with van der Waals surface area (Å²) in [5.41, 5.74) is 14.4. The van der Waals surface area contributed by atoms with Crippen LogP contribution in [0.5, 0.6) is 0 Å². The third-order valence-corrected chi connectivity index (χ3v) is 2.13. The number of nitrogens with one attached hydrogen (secondary N) is 1. The first-order valence-electron chi connectivity index (χ1n) is 4.86. The van der Waals surface area contributed by atoms with E-state index in [9.17, 15) is 0 Å². The fourth-order valence-corrected chi connectivity index (χ4v) is 1.35. The van der Waals surface area contributed by atoms with E-state index in [0.29, 0.717) is 11.5 Å². The SMILES string of the molecule is Cc1cc(Nc2cnc(N)c(N)c2)ccn1. The minimum absolute atomic E-state index is 0.344. The Morgan fingerprint density at radius 3 is 2.62 bits per heavy atom. The molecular weight excluding hydrogens is 202 g/mol. The van der Waals surface area contributed by atoms with Gasteiger partial charge in [0.05, 0.1) is 17.6 Å². The minimum Gasteiger partial charge on any atom is -0.396 e. The normalized spacial score (nSPS) is 10.1. The van der Waals surface area contributed by atoms with Crippen molar-refractivity contribution in [1.82, 2.24) is 9.97 Å². The molecule has 5 N–H and O–H groups in total. The largest absolute Gasteiger partial charge is 0.396 e. The Kier molecular flexibility index (Phi) is 2.59. The van der Waals surface area contributed by atoms with E-state index in [2.05, 4.69) is 15.3 Å². The van der Waals surface area contributed by atoms with E-state index < -0.39 is 0 Å². The lowest BCUT2D eigenvalue weighted by Crippen LogP contribution is -1.99. The Labute approximate surface area is 93.5 Å². The maximum atomic E-state index is 5.66. The van der Waals surface area contributed by atoms with Gasteiger partial charge in [0, 0.05) is 17.6 Å². The molecule has 0 saturated carbocycles. The van der Waals surface area contributed by atoms with Crippen molar-refractivity contribution < 1.29 is 0 Å². The van der Waals surface area contributed by atoms with Crippen molar-refractivity contribution in [2.24, 2.45) is 0 Å². The Morgan fingerprint density at radius 1 is 1.12 bits per heavy atom. The quantitative estimate of drug-likeness (QED) is 0.709. The van der Waals surface area contributed by atoms with E-state index in [1.54, 1.807) is 18.5 Å². The molecular formula is C11H13N5. The lowest BCUT2D eigenvalue weighted by molar-refractivity contribution is 1.20. The summed E-state index contributed by atoms with van der Waals surface area (Å²) in [4.78, 5) is 8.08. The van der Waals surface area contributed by atoms with Crippen LogP contribution in [0.2, 0.25) is 0 Å². The Bertz CT molecular complexity index is 509. The lowest BCUT2D eigenvalue weighted by atomic mass is 10.3. The molecule has 0 radical (unpaired) electrons. The smallest absolute Gasteiger partial charge is 0.146 e. The molecule has 82 valence electrons. The van der Waals surface area contributed by atoms with Gasteiger partial charge >= 0.3 is 0 Å². The van der Waals surface area contributed by atoms with Gasteiger partial charge in [-0.1, -0.05) is 0 Å². The molecule has 0 aliphatic carbocycles. The summed E-state index contributed by atoms with van der Waals surface area (Å²) in [5, 5.41) is 3.17. The van der Waals surface area contributed by atoms with Gasteiger partial charge in [0.2, 0.25) is 0 Å². The average Bonchev–Trinajstić information content (AvgIpc) is 2.24. The molecule has 2 aromatic rings. The second-order valence-electron chi connectivity index (χ2n) is 3.51. The van der Waals surface area contributed by atoms with Crippen LogP contribution in [0.3, 0.4) is 0 Å². The number of hydrogen-bond donors (Lipinski definition) is 3. The number of nitrogens with two attached hydrogens (primary N) is 2. The highest BCUT2D eigenvalue weighted by Gasteiger charge is 1.99. The van der Waals surface area contributed by atoms with Gasteiger partial charge in [0.25, 0.3) is 0 Å². The summed E-state index contributed by atoms with van der Waals surface area (Å²) in [6.45, 7) is 1.93. The molecule has 0 aliphatic heterocycles. The number of pyridine rings is 2. The van der Waals surface area contributed by atoms with Crippen molar-refractivity contribution >= 4 is 22.9 Å². The van der Waals surface area contributed by atoms with Gasteiger partial charge in [0.15, 0.2) is 0 Å². The van der Waals surface area contributed by atoms with E-state index in [1.165, 1.54) is 0 Å². The van der Waals surface area contributed by atoms with Crippen LogP contribution in [-0.4, -0.2) is 9.97 Å². The summed E-state index contributed by atoms with van der Waals surface area (Å²) in [7, 11) is 0. The van der Waals surface area contributed by atoms with Crippen LogP contribution in [0.4, 0.5) is 22.9 Å². The highest BCUT2D eigenvalue weighted by Crippen LogP contribution is 2.20. The Morgan fingerprint density at radius 2 is 1.94 bits per heavy atom. The molecule has 0 bridgehead atoms. The summed E-state index contributed by atoms with van der Waals surface area (Å²) >= 11 is 0. The summed E-state index contributed by atoms with van der Waals surface area (Å²) in [5.74, 6) is 0.344. The van der Waals surface area contributed by atoms with E-state index in [0.717, 1.165) is 17.1 Å². The molecule has 0 unspecified atom stereocenters. The van der Waals surface area contributed by atoms with E-state index in [-0.39, 0.29) is 0 Å². The molecule has 0 aromatic carbocycles. The van der Waals surface area contributed by atoms with Gasteiger partial charge in [-0.3, -0.25) is 4.98 Å². The van der Waals surface area contributed by atoms with E-state index in [4.69, 9.17) is 11.5 Å². The second-order valence-corrected chi connectivity index (χ2v) is 3.51. The third kappa shape index (κ3) is 2.20. The molecule has 0 aliphatic rings. The number of nitrogens with zero attached hydrogens (tertiary/aromatic N) is 2. The molecule has 2 heterocycles. The van der Waals surface area contributed by atoms with Crippen LogP contribution in [0, 0.1) is 6.92 Å². The number of hydrogen-bond acceptors (Lipinski definition) is 5. The molecule has 0 amide bonds. The predicted molar refractivity (Wildman–Crippen MR) is 65.3 cm³/mol. The van der Waals surface area contributed by atoms with Gasteiger partial charge < -0.3 is 16.8 Å². The van der Waals surface area contributed by atoms with Gasteiger partial charge in [-0.05, 0) is 25.1 Å². The Hall–Kier alpha value is -2.30. The van der Waals surface area contributed by atoms with Crippen LogP contribution in [-0.2, 0) is 0 Å². The lowest BCUT2D eigenvalue weighted by Gasteiger charge is -2.07. The summed E-state index contributed by atoms with van der Waals surface area (Å²) < 4.78 is 0. The van der Waals surface area contributed by atoms with Crippen molar-refractivity contribution in [1.29, 1.82) is 0 Å². The molecule has 16 heavy (non-hydrogen) atoms. The number of anilines is 4. The third-order valence-electron chi connectivity index (χ3n) is 2.13. The second kappa shape index (κ2) is 4.06. The zero-order chi connectivity index (χ0) is 11.5. The van der Waals surface area contributed by atoms with Gasteiger partial charge in [0.1, 0.15) is 5.82 Å². The fraction of sp³-hybridized carbons (Fsp3) is 0.0909. The van der Waals surface area contributed by atoms with Gasteiger partial charge in [-0.15, -0.1) is 0 Å². The molecule has 2 aromatic heterocycles. The van der Waals surface area contributed by atoms with E-state index in [1.807, 2.05) is 19.1 Å². The fourth-order valence-electron chi connectivity index (χ4n) is 1.35. The molecule has 0 saturated heterocycles. The topological polar surface area (TPSA) is 89.8 Å². The van der Waals surface area contributed by atoms with Crippen LogP contribution < -0.4 is 16.8 Å². The Balaban J connectivity index is 2.24. The van der Waals surface area contributed by atoms with Crippen molar-refractivity contribution in [2.45, 2.75) is 6.92 Å². The number of rotatable bonds is 2. The molecule has 0 spiro atoms. The zero-order valence-electron chi connectivity index (χ0n) is 8.94. The van der Waals surface area contributed by atoms with Crippen molar-refractivity contribution in [3.8, 4) is 0 Å². The molecule has 2 rings (SSSR count). The van der Waals surface area contributed by atoms with Crippen LogP contribution >= 0.6 is 0 Å². The first-order chi connectivity index (χ1) is 7.65. The number of aryl methyl sites for hydroxylation is 1. The maximum Gasteiger partial charge on any atom is 0.146 e. The molecule has 0 fully saturated rings.